The van der Waals surface area contributed by atoms with Crippen molar-refractivity contribution in [2.24, 2.45) is 0 Å². The SMILES string of the molecule is Cl.Nc1nc2ccccc2c2c1nc1n2[C@@H](Cc2ccc(O)cc2)COC1. The molecule has 0 radical (unpaired) electrons. The Labute approximate surface area is 162 Å². The fraction of sp³-hybridized carbons (Fsp3) is 0.200. The van der Waals surface area contributed by atoms with Gasteiger partial charge in [-0.25, -0.2) is 9.97 Å². The number of pyridine rings is 1. The number of phenols is 1. The third-order valence-corrected chi connectivity index (χ3v) is 4.94. The fourth-order valence-electron chi connectivity index (χ4n) is 3.78. The highest BCUT2D eigenvalue weighted by Crippen LogP contribution is 2.34. The number of rotatable bonds is 2. The number of halogens is 1. The Bertz CT molecular complexity index is 1120. The number of imidazole rings is 1. The van der Waals surface area contributed by atoms with Crippen LogP contribution in [0.4, 0.5) is 5.82 Å². The standard InChI is InChI=1S/C20H18N4O2.ClH/c21-20-18-19(15-3-1-2-4-16(15)22-20)24-13(10-26-11-17(24)23-18)9-12-5-7-14(25)8-6-12;/h1-8,13,25H,9-11H2,(H2,21,22);1H/t13-;/m0./s1. The molecule has 1 aliphatic heterocycles. The Balaban J connectivity index is 0.00000180. The zero-order valence-electron chi connectivity index (χ0n) is 14.5. The van der Waals surface area contributed by atoms with E-state index in [1.807, 2.05) is 30.3 Å². The molecule has 0 amide bonds. The van der Waals surface area contributed by atoms with Gasteiger partial charge in [0.25, 0.3) is 0 Å². The summed E-state index contributed by atoms with van der Waals surface area (Å²) in [5.41, 5.74) is 9.96. The molecular weight excluding hydrogens is 364 g/mol. The Morgan fingerprint density at radius 2 is 1.89 bits per heavy atom. The Morgan fingerprint density at radius 1 is 1.11 bits per heavy atom. The summed E-state index contributed by atoms with van der Waals surface area (Å²) in [6.07, 6.45) is 0.787. The van der Waals surface area contributed by atoms with Gasteiger partial charge in [0.1, 0.15) is 23.7 Å². The Kier molecular flexibility index (Phi) is 4.37. The Morgan fingerprint density at radius 3 is 2.70 bits per heavy atom. The van der Waals surface area contributed by atoms with Gasteiger partial charge in [0.2, 0.25) is 0 Å². The van der Waals surface area contributed by atoms with E-state index in [1.165, 1.54) is 0 Å². The average Bonchev–Trinajstić information content (AvgIpc) is 3.05. The van der Waals surface area contributed by atoms with Crippen molar-refractivity contribution >= 4 is 40.2 Å². The maximum atomic E-state index is 9.52. The molecule has 3 N–H and O–H groups in total. The number of benzene rings is 2. The molecule has 1 aliphatic rings. The van der Waals surface area contributed by atoms with Gasteiger partial charge in [-0.05, 0) is 30.2 Å². The summed E-state index contributed by atoms with van der Waals surface area (Å²) in [5.74, 6) is 1.59. The van der Waals surface area contributed by atoms with Gasteiger partial charge in [-0.3, -0.25) is 0 Å². The first-order chi connectivity index (χ1) is 12.7. The van der Waals surface area contributed by atoms with E-state index in [1.54, 1.807) is 12.1 Å². The lowest BCUT2D eigenvalue weighted by Crippen LogP contribution is -2.25. The number of hydrogen-bond donors (Lipinski definition) is 2. The molecule has 4 aromatic rings. The highest BCUT2D eigenvalue weighted by Gasteiger charge is 2.26. The largest absolute Gasteiger partial charge is 0.508 e. The predicted molar refractivity (Wildman–Crippen MR) is 107 cm³/mol. The number of nitrogen functional groups attached to an aromatic ring is 1. The van der Waals surface area contributed by atoms with Gasteiger partial charge >= 0.3 is 0 Å². The van der Waals surface area contributed by atoms with E-state index in [0.717, 1.165) is 39.7 Å². The molecule has 0 spiro atoms. The van der Waals surface area contributed by atoms with Gasteiger partial charge in [0, 0.05) is 5.39 Å². The number of nitrogens with zero attached hydrogens (tertiary/aromatic N) is 3. The molecule has 27 heavy (non-hydrogen) atoms. The van der Waals surface area contributed by atoms with Gasteiger partial charge in [-0.1, -0.05) is 30.3 Å². The van der Waals surface area contributed by atoms with E-state index in [4.69, 9.17) is 15.5 Å². The molecule has 2 aromatic carbocycles. The third-order valence-electron chi connectivity index (χ3n) is 4.94. The number of aromatic hydroxyl groups is 1. The van der Waals surface area contributed by atoms with Crippen LogP contribution in [0.1, 0.15) is 17.4 Å². The van der Waals surface area contributed by atoms with Crippen LogP contribution in [-0.2, 0) is 17.8 Å². The molecule has 2 aromatic heterocycles. The zero-order valence-corrected chi connectivity index (χ0v) is 15.3. The number of hydrogen-bond acceptors (Lipinski definition) is 5. The van der Waals surface area contributed by atoms with Gasteiger partial charge in [0.15, 0.2) is 5.82 Å². The Hall–Kier alpha value is -2.83. The lowest BCUT2D eigenvalue weighted by Gasteiger charge is -2.26. The second-order valence-corrected chi connectivity index (χ2v) is 6.65. The number of phenolic OH excluding ortho intramolecular Hbond substituents is 1. The second kappa shape index (κ2) is 6.72. The summed E-state index contributed by atoms with van der Waals surface area (Å²) < 4.78 is 8.05. The van der Waals surface area contributed by atoms with E-state index in [2.05, 4.69) is 15.6 Å². The maximum absolute atomic E-state index is 9.52. The molecule has 0 saturated heterocycles. The van der Waals surface area contributed by atoms with Crippen molar-refractivity contribution < 1.29 is 9.84 Å². The van der Waals surface area contributed by atoms with Crippen LogP contribution in [0.3, 0.4) is 0 Å². The number of ether oxygens (including phenoxy) is 1. The van der Waals surface area contributed by atoms with Crippen LogP contribution in [0, 0.1) is 0 Å². The molecule has 0 bridgehead atoms. The van der Waals surface area contributed by atoms with Gasteiger partial charge in [-0.15, -0.1) is 12.4 Å². The smallest absolute Gasteiger partial charge is 0.152 e. The summed E-state index contributed by atoms with van der Waals surface area (Å²) in [6, 6.07) is 15.4. The van der Waals surface area contributed by atoms with E-state index < -0.39 is 0 Å². The molecule has 0 fully saturated rings. The van der Waals surface area contributed by atoms with Crippen molar-refractivity contribution in [1.82, 2.24) is 14.5 Å². The summed E-state index contributed by atoms with van der Waals surface area (Å²) in [7, 11) is 0. The molecule has 3 heterocycles. The third kappa shape index (κ3) is 2.87. The first kappa shape index (κ1) is 17.6. The van der Waals surface area contributed by atoms with Crippen LogP contribution in [0.15, 0.2) is 48.5 Å². The minimum Gasteiger partial charge on any atom is -0.508 e. The van der Waals surface area contributed by atoms with Gasteiger partial charge in [0.05, 0.1) is 23.7 Å². The van der Waals surface area contributed by atoms with Crippen LogP contribution in [0.25, 0.3) is 21.9 Å². The normalized spacial score (nSPS) is 16.2. The van der Waals surface area contributed by atoms with Crippen molar-refractivity contribution in [2.45, 2.75) is 19.1 Å². The highest BCUT2D eigenvalue weighted by atomic mass is 35.5. The molecule has 138 valence electrons. The number of aromatic nitrogens is 3. The van der Waals surface area contributed by atoms with Crippen LogP contribution in [0.2, 0.25) is 0 Å². The molecule has 7 heteroatoms. The molecule has 0 saturated carbocycles. The lowest BCUT2D eigenvalue weighted by molar-refractivity contribution is 0.0567. The molecule has 1 atom stereocenters. The van der Waals surface area contributed by atoms with E-state index in [-0.39, 0.29) is 24.2 Å². The second-order valence-electron chi connectivity index (χ2n) is 6.65. The summed E-state index contributed by atoms with van der Waals surface area (Å²) in [4.78, 5) is 9.22. The van der Waals surface area contributed by atoms with Crippen LogP contribution in [0.5, 0.6) is 5.75 Å². The number of nitrogens with two attached hydrogens (primary N) is 1. The minimum absolute atomic E-state index is 0. The predicted octanol–water partition coefficient (Wildman–Crippen LogP) is 3.61. The van der Waals surface area contributed by atoms with E-state index >= 15 is 0 Å². The number of para-hydroxylation sites is 1. The zero-order chi connectivity index (χ0) is 17.7. The number of anilines is 1. The van der Waals surface area contributed by atoms with Crippen molar-refractivity contribution in [2.75, 3.05) is 12.3 Å². The van der Waals surface area contributed by atoms with E-state index in [9.17, 15) is 5.11 Å². The molecular formula is C20H19ClN4O2. The van der Waals surface area contributed by atoms with Crippen molar-refractivity contribution in [3.63, 3.8) is 0 Å². The van der Waals surface area contributed by atoms with Gasteiger partial charge < -0.3 is 20.1 Å². The minimum atomic E-state index is 0. The molecule has 6 nitrogen and oxygen atoms in total. The first-order valence-corrected chi connectivity index (χ1v) is 8.61. The molecule has 5 rings (SSSR count). The monoisotopic (exact) mass is 382 g/mol. The lowest BCUT2D eigenvalue weighted by atomic mass is 10.0. The highest BCUT2D eigenvalue weighted by molar-refractivity contribution is 6.06. The topological polar surface area (TPSA) is 86.2 Å². The van der Waals surface area contributed by atoms with Crippen molar-refractivity contribution in [3.05, 3.63) is 59.9 Å². The molecule has 0 aliphatic carbocycles. The van der Waals surface area contributed by atoms with Crippen LogP contribution < -0.4 is 5.73 Å². The van der Waals surface area contributed by atoms with Crippen LogP contribution >= 0.6 is 12.4 Å². The summed E-state index contributed by atoms with van der Waals surface area (Å²) >= 11 is 0. The van der Waals surface area contributed by atoms with Gasteiger partial charge in [-0.2, -0.15) is 0 Å². The molecule has 0 unspecified atom stereocenters. The van der Waals surface area contributed by atoms with Crippen molar-refractivity contribution in [3.8, 4) is 5.75 Å². The maximum Gasteiger partial charge on any atom is 0.152 e. The number of fused-ring (bicyclic) bond motifs is 5. The van der Waals surface area contributed by atoms with Crippen LogP contribution in [-0.4, -0.2) is 26.2 Å². The summed E-state index contributed by atoms with van der Waals surface area (Å²) in [5, 5.41) is 10.6. The fourth-order valence-corrected chi connectivity index (χ4v) is 3.78. The van der Waals surface area contributed by atoms with E-state index in [0.29, 0.717) is 19.0 Å². The van der Waals surface area contributed by atoms with Crippen molar-refractivity contribution in [1.29, 1.82) is 0 Å². The average molecular weight is 383 g/mol. The summed E-state index contributed by atoms with van der Waals surface area (Å²) in [6.45, 7) is 1.07. The quantitative estimate of drug-likeness (QED) is 0.553. The first-order valence-electron chi connectivity index (χ1n) is 8.61.